The molecule has 3 N–H and O–H groups in total. The number of carbonyl (C=O) groups is 1. The highest BCUT2D eigenvalue weighted by atomic mass is 35.5. The van der Waals surface area contributed by atoms with E-state index in [2.05, 4.69) is 10.3 Å². The molecule has 0 saturated heterocycles. The van der Waals surface area contributed by atoms with Gasteiger partial charge in [0.2, 0.25) is 5.91 Å². The molecule has 1 aromatic heterocycles. The topological polar surface area (TPSA) is 68.0 Å². The first kappa shape index (κ1) is 18.7. The lowest BCUT2D eigenvalue weighted by Crippen LogP contribution is -2.37. The van der Waals surface area contributed by atoms with E-state index in [0.717, 1.165) is 17.0 Å². The molecule has 9 heteroatoms. The zero-order valence-electron chi connectivity index (χ0n) is 12.4. The fourth-order valence-electron chi connectivity index (χ4n) is 2.09. The van der Waals surface area contributed by atoms with Crippen molar-refractivity contribution in [1.29, 1.82) is 0 Å². The third-order valence-electron chi connectivity index (χ3n) is 3.65. The molecular formula is C15H15ClF3N3OS. The largest absolute Gasteiger partial charge is 0.416 e. The van der Waals surface area contributed by atoms with Crippen LogP contribution in [-0.4, -0.2) is 16.4 Å². The molecule has 1 fully saturated rings. The van der Waals surface area contributed by atoms with Gasteiger partial charge in [-0.2, -0.15) is 13.2 Å². The summed E-state index contributed by atoms with van der Waals surface area (Å²) in [5.41, 5.74) is 4.87. The van der Waals surface area contributed by atoms with E-state index in [4.69, 9.17) is 5.73 Å². The molecule has 1 amide bonds. The maximum Gasteiger partial charge on any atom is 0.416 e. The number of benzene rings is 1. The van der Waals surface area contributed by atoms with Crippen molar-refractivity contribution >= 4 is 34.8 Å². The van der Waals surface area contributed by atoms with Crippen LogP contribution in [0.15, 0.2) is 30.5 Å². The number of halogens is 4. The maximum absolute atomic E-state index is 12.7. The first-order chi connectivity index (χ1) is 10.8. The van der Waals surface area contributed by atoms with E-state index in [9.17, 15) is 18.0 Å². The molecule has 2 aromatic rings. The Morgan fingerprint density at radius 3 is 2.71 bits per heavy atom. The molecule has 130 valence electrons. The summed E-state index contributed by atoms with van der Waals surface area (Å²) in [7, 11) is 0. The van der Waals surface area contributed by atoms with Gasteiger partial charge in [0, 0.05) is 17.5 Å². The molecule has 0 spiro atoms. The maximum atomic E-state index is 12.7. The SMILES string of the molecule is Cl.NC1(C(=O)Nc2ncc(Cc3cccc(C(F)(F)F)c3)s2)CC1. The van der Waals surface area contributed by atoms with E-state index < -0.39 is 17.3 Å². The van der Waals surface area contributed by atoms with Crippen molar-refractivity contribution < 1.29 is 18.0 Å². The number of nitrogens with one attached hydrogen (secondary N) is 1. The average molecular weight is 378 g/mol. The molecule has 1 aliphatic carbocycles. The molecule has 1 heterocycles. The molecule has 0 aliphatic heterocycles. The number of anilines is 1. The number of nitrogens with two attached hydrogens (primary N) is 1. The Morgan fingerprint density at radius 2 is 2.08 bits per heavy atom. The van der Waals surface area contributed by atoms with Crippen molar-refractivity contribution in [2.24, 2.45) is 5.73 Å². The van der Waals surface area contributed by atoms with Crippen molar-refractivity contribution in [3.63, 3.8) is 0 Å². The number of aromatic nitrogens is 1. The summed E-state index contributed by atoms with van der Waals surface area (Å²) in [5, 5.41) is 3.06. The third-order valence-corrected chi connectivity index (χ3v) is 4.56. The summed E-state index contributed by atoms with van der Waals surface area (Å²) in [6, 6.07) is 5.18. The summed E-state index contributed by atoms with van der Waals surface area (Å²) in [6.07, 6.45) is -1.17. The fraction of sp³-hybridized carbons (Fsp3) is 0.333. The van der Waals surface area contributed by atoms with Crippen LogP contribution in [-0.2, 0) is 17.4 Å². The summed E-state index contributed by atoms with van der Waals surface area (Å²) in [4.78, 5) is 16.7. The number of amides is 1. The van der Waals surface area contributed by atoms with Crippen molar-refractivity contribution in [1.82, 2.24) is 4.98 Å². The second kappa shape index (κ2) is 6.70. The van der Waals surface area contributed by atoms with Gasteiger partial charge in [0.15, 0.2) is 5.13 Å². The highest BCUT2D eigenvalue weighted by molar-refractivity contribution is 7.15. The van der Waals surface area contributed by atoms with E-state index >= 15 is 0 Å². The van der Waals surface area contributed by atoms with Crippen LogP contribution < -0.4 is 11.1 Å². The van der Waals surface area contributed by atoms with Crippen LogP contribution in [0.5, 0.6) is 0 Å². The van der Waals surface area contributed by atoms with Crippen molar-refractivity contribution in [3.8, 4) is 0 Å². The lowest BCUT2D eigenvalue weighted by Gasteiger charge is -2.08. The van der Waals surface area contributed by atoms with E-state index in [1.54, 1.807) is 12.3 Å². The molecule has 0 bridgehead atoms. The lowest BCUT2D eigenvalue weighted by atomic mass is 10.1. The van der Waals surface area contributed by atoms with E-state index in [-0.39, 0.29) is 18.3 Å². The molecular weight excluding hydrogens is 363 g/mol. The zero-order valence-corrected chi connectivity index (χ0v) is 14.0. The van der Waals surface area contributed by atoms with Crippen molar-refractivity contribution in [2.45, 2.75) is 31.0 Å². The number of hydrogen-bond acceptors (Lipinski definition) is 4. The molecule has 1 aliphatic rings. The smallest absolute Gasteiger partial charge is 0.317 e. The number of hydrogen-bond donors (Lipinski definition) is 2. The summed E-state index contributed by atoms with van der Waals surface area (Å²) >= 11 is 1.23. The van der Waals surface area contributed by atoms with E-state index in [0.29, 0.717) is 30.0 Å². The Bertz CT molecular complexity index is 744. The third kappa shape index (κ3) is 4.25. The summed E-state index contributed by atoms with van der Waals surface area (Å²) < 4.78 is 38.1. The van der Waals surface area contributed by atoms with Gasteiger partial charge in [-0.05, 0) is 24.5 Å². The minimum atomic E-state index is -4.36. The predicted octanol–water partition coefficient (Wildman–Crippen LogP) is 3.60. The van der Waals surface area contributed by atoms with Crippen molar-refractivity contribution in [3.05, 3.63) is 46.5 Å². The van der Waals surface area contributed by atoms with Gasteiger partial charge in [0.05, 0.1) is 11.1 Å². The number of rotatable bonds is 4. The van der Waals surface area contributed by atoms with Gasteiger partial charge in [0.1, 0.15) is 0 Å². The van der Waals surface area contributed by atoms with E-state index in [1.807, 2.05) is 0 Å². The molecule has 0 atom stereocenters. The number of nitrogens with zero attached hydrogens (tertiary/aromatic N) is 1. The first-order valence-electron chi connectivity index (χ1n) is 6.97. The molecule has 1 saturated carbocycles. The van der Waals surface area contributed by atoms with E-state index in [1.165, 1.54) is 17.4 Å². The van der Waals surface area contributed by atoms with Crippen LogP contribution in [0, 0.1) is 0 Å². The predicted molar refractivity (Wildman–Crippen MR) is 88.4 cm³/mol. The monoisotopic (exact) mass is 377 g/mol. The Hall–Kier alpha value is -1.64. The Morgan fingerprint density at radius 1 is 1.38 bits per heavy atom. The Balaban J connectivity index is 0.00000208. The van der Waals surface area contributed by atoms with Gasteiger partial charge in [-0.15, -0.1) is 23.7 Å². The van der Waals surface area contributed by atoms with Gasteiger partial charge in [-0.25, -0.2) is 4.98 Å². The van der Waals surface area contributed by atoms with Crippen LogP contribution in [0.3, 0.4) is 0 Å². The molecule has 0 radical (unpaired) electrons. The fourth-order valence-corrected chi connectivity index (χ4v) is 2.93. The molecule has 24 heavy (non-hydrogen) atoms. The normalized spacial score (nSPS) is 15.5. The average Bonchev–Trinajstić information content (AvgIpc) is 3.09. The van der Waals surface area contributed by atoms with Gasteiger partial charge in [-0.1, -0.05) is 18.2 Å². The van der Waals surface area contributed by atoms with Crippen LogP contribution in [0.4, 0.5) is 18.3 Å². The van der Waals surface area contributed by atoms with Crippen LogP contribution in [0.1, 0.15) is 28.8 Å². The number of thiazole rings is 1. The molecule has 1 aromatic carbocycles. The number of alkyl halides is 3. The first-order valence-corrected chi connectivity index (χ1v) is 7.79. The minimum absolute atomic E-state index is 0. The minimum Gasteiger partial charge on any atom is -0.317 e. The van der Waals surface area contributed by atoms with Gasteiger partial charge >= 0.3 is 6.18 Å². The second-order valence-electron chi connectivity index (χ2n) is 5.62. The molecule has 4 nitrogen and oxygen atoms in total. The quantitative estimate of drug-likeness (QED) is 0.855. The van der Waals surface area contributed by atoms with Crippen LogP contribution in [0.2, 0.25) is 0 Å². The van der Waals surface area contributed by atoms with Gasteiger partial charge in [-0.3, -0.25) is 4.79 Å². The van der Waals surface area contributed by atoms with Crippen LogP contribution in [0.25, 0.3) is 0 Å². The second-order valence-corrected chi connectivity index (χ2v) is 6.73. The highest BCUT2D eigenvalue weighted by Gasteiger charge is 2.46. The van der Waals surface area contributed by atoms with Crippen LogP contribution >= 0.6 is 23.7 Å². The summed E-state index contributed by atoms with van der Waals surface area (Å²) in [5.74, 6) is -0.266. The highest BCUT2D eigenvalue weighted by Crippen LogP contribution is 2.34. The van der Waals surface area contributed by atoms with Gasteiger partial charge < -0.3 is 11.1 Å². The Kier molecular flexibility index (Phi) is 5.22. The Labute approximate surface area is 146 Å². The standard InChI is InChI=1S/C15H14F3N3OS.ClH/c16-15(17,18)10-3-1-2-9(6-10)7-11-8-20-13(23-11)21-12(22)14(19)4-5-14;/h1-3,6,8H,4-5,7,19H2,(H,20,21,22);1H. The molecule has 0 unspecified atom stereocenters. The van der Waals surface area contributed by atoms with Gasteiger partial charge in [0.25, 0.3) is 0 Å². The number of carbonyl (C=O) groups excluding carboxylic acids is 1. The van der Waals surface area contributed by atoms with Crippen molar-refractivity contribution in [2.75, 3.05) is 5.32 Å². The summed E-state index contributed by atoms with van der Waals surface area (Å²) in [6.45, 7) is 0. The zero-order chi connectivity index (χ0) is 16.7. The molecule has 3 rings (SSSR count). The lowest BCUT2D eigenvalue weighted by molar-refractivity contribution is -0.137.